The van der Waals surface area contributed by atoms with E-state index < -0.39 is 15.1 Å². The number of sulfone groups is 1. The Morgan fingerprint density at radius 2 is 2.00 bits per heavy atom. The van der Waals surface area contributed by atoms with Gasteiger partial charge in [-0.25, -0.2) is 8.42 Å². The van der Waals surface area contributed by atoms with Gasteiger partial charge in [-0.1, -0.05) is 19.0 Å². The van der Waals surface area contributed by atoms with Crippen LogP contribution in [0.3, 0.4) is 0 Å². The predicted molar refractivity (Wildman–Crippen MR) is 82.9 cm³/mol. The average Bonchev–Trinajstić information content (AvgIpc) is 2.80. The molecule has 1 fully saturated rings. The van der Waals surface area contributed by atoms with E-state index in [2.05, 4.69) is 19.0 Å². The Kier molecular flexibility index (Phi) is 4.94. The largest absolute Gasteiger partial charge is 0.361 e. The molecule has 0 N–H and O–H groups in total. The highest BCUT2D eigenvalue weighted by molar-refractivity contribution is 7.92. The van der Waals surface area contributed by atoms with Crippen LogP contribution in [-0.4, -0.2) is 42.7 Å². The van der Waals surface area contributed by atoms with Gasteiger partial charge >= 0.3 is 0 Å². The molecule has 1 amide bonds. The van der Waals surface area contributed by atoms with Crippen LogP contribution in [0.5, 0.6) is 0 Å². The summed E-state index contributed by atoms with van der Waals surface area (Å²) in [5.74, 6) is 0.791. The smallest absolute Gasteiger partial charge is 0.240 e. The van der Waals surface area contributed by atoms with Crippen LogP contribution in [0.4, 0.5) is 0 Å². The molecule has 2 heterocycles. The number of rotatable bonds is 4. The third kappa shape index (κ3) is 3.88. The van der Waals surface area contributed by atoms with E-state index >= 15 is 0 Å². The van der Waals surface area contributed by atoms with E-state index in [9.17, 15) is 13.2 Å². The fourth-order valence-electron chi connectivity index (χ4n) is 3.07. The Hall–Kier alpha value is -1.37. The van der Waals surface area contributed by atoms with Gasteiger partial charge in [0.15, 0.2) is 9.84 Å². The summed E-state index contributed by atoms with van der Waals surface area (Å²) in [7, 11) is -3.60. The van der Waals surface area contributed by atoms with Crippen molar-refractivity contribution in [2.75, 3.05) is 13.1 Å². The van der Waals surface area contributed by atoms with Gasteiger partial charge in [-0.3, -0.25) is 4.79 Å². The molecular formula is C15H24N2O4S. The van der Waals surface area contributed by atoms with Crippen LogP contribution >= 0.6 is 0 Å². The number of hydrogen-bond donors (Lipinski definition) is 0. The molecule has 1 aromatic heterocycles. The predicted octanol–water partition coefficient (Wildman–Crippen LogP) is 1.79. The number of aromatic nitrogens is 1. The van der Waals surface area contributed by atoms with Crippen molar-refractivity contribution in [3.05, 3.63) is 17.5 Å². The molecular weight excluding hydrogens is 304 g/mol. The Morgan fingerprint density at radius 1 is 1.41 bits per heavy atom. The zero-order chi connectivity index (χ0) is 16.5. The minimum Gasteiger partial charge on any atom is -0.361 e. The summed E-state index contributed by atoms with van der Waals surface area (Å²) in [6, 6.07) is 1.58. The first-order chi connectivity index (χ1) is 10.2. The fourth-order valence-corrected chi connectivity index (χ4v) is 4.33. The molecule has 0 radical (unpaired) electrons. The summed E-state index contributed by atoms with van der Waals surface area (Å²) in [5.41, 5.74) is 0.345. The summed E-state index contributed by atoms with van der Waals surface area (Å²) in [5, 5.41) is 2.65. The first-order valence-electron chi connectivity index (χ1n) is 7.61. The minimum atomic E-state index is -3.60. The van der Waals surface area contributed by atoms with Gasteiger partial charge in [0.2, 0.25) is 5.91 Å². The van der Waals surface area contributed by atoms with Crippen molar-refractivity contribution >= 4 is 15.7 Å². The number of carbonyl (C=O) groups excluding carboxylic acids is 1. The SMILES string of the molecule is Cc1cc(CS(=O)(=O)[C@H](C)C(=O)N2C[C@H](C)C[C@H](C)C2)no1. The Balaban J connectivity index is 2.08. The molecule has 22 heavy (non-hydrogen) atoms. The number of aryl methyl sites for hydroxylation is 1. The van der Waals surface area contributed by atoms with Crippen LogP contribution in [0.2, 0.25) is 0 Å². The van der Waals surface area contributed by atoms with E-state index in [0.29, 0.717) is 36.4 Å². The minimum absolute atomic E-state index is 0.268. The van der Waals surface area contributed by atoms with E-state index in [4.69, 9.17) is 4.52 Å². The molecule has 1 aliphatic heterocycles. The van der Waals surface area contributed by atoms with Crippen LogP contribution < -0.4 is 0 Å². The molecule has 0 spiro atoms. The molecule has 0 unspecified atom stereocenters. The number of nitrogens with zero attached hydrogens (tertiary/aromatic N) is 2. The number of piperidine rings is 1. The standard InChI is InChI=1S/C15H24N2O4S/c1-10-5-11(2)8-17(7-10)15(18)13(4)22(19,20)9-14-6-12(3)21-16-14/h6,10-11,13H,5,7-9H2,1-4H3/t10-,11+,13-/m1/s1. The lowest BCUT2D eigenvalue weighted by Crippen LogP contribution is -2.48. The highest BCUT2D eigenvalue weighted by Crippen LogP contribution is 2.23. The molecule has 1 aliphatic rings. The van der Waals surface area contributed by atoms with Gasteiger partial charge in [0.25, 0.3) is 0 Å². The van der Waals surface area contributed by atoms with Crippen molar-refractivity contribution in [1.29, 1.82) is 0 Å². The number of hydrogen-bond acceptors (Lipinski definition) is 5. The van der Waals surface area contributed by atoms with Gasteiger partial charge < -0.3 is 9.42 Å². The number of carbonyl (C=O) groups is 1. The fraction of sp³-hybridized carbons (Fsp3) is 0.733. The van der Waals surface area contributed by atoms with Crippen LogP contribution in [-0.2, 0) is 20.4 Å². The normalized spacial score (nSPS) is 24.3. The van der Waals surface area contributed by atoms with Gasteiger partial charge in [0.05, 0.1) is 11.4 Å². The topological polar surface area (TPSA) is 80.5 Å². The van der Waals surface area contributed by atoms with E-state index in [0.717, 1.165) is 6.42 Å². The lowest BCUT2D eigenvalue weighted by Gasteiger charge is -2.36. The molecule has 2 rings (SSSR count). The highest BCUT2D eigenvalue weighted by atomic mass is 32.2. The Labute approximate surface area is 131 Å². The van der Waals surface area contributed by atoms with Crippen molar-refractivity contribution in [3.63, 3.8) is 0 Å². The quantitative estimate of drug-likeness (QED) is 0.842. The van der Waals surface area contributed by atoms with Crippen molar-refractivity contribution in [1.82, 2.24) is 10.1 Å². The molecule has 7 heteroatoms. The summed E-state index contributed by atoms with van der Waals surface area (Å²) in [6.45, 7) is 8.61. The lowest BCUT2D eigenvalue weighted by molar-refractivity contribution is -0.133. The van der Waals surface area contributed by atoms with E-state index in [1.54, 1.807) is 17.9 Å². The van der Waals surface area contributed by atoms with Gasteiger partial charge in [0, 0.05) is 19.2 Å². The molecule has 0 aromatic carbocycles. The molecule has 6 nitrogen and oxygen atoms in total. The van der Waals surface area contributed by atoms with Gasteiger partial charge in [-0.15, -0.1) is 0 Å². The first-order valence-corrected chi connectivity index (χ1v) is 9.33. The van der Waals surface area contributed by atoms with E-state index in [1.165, 1.54) is 6.92 Å². The number of amides is 1. The third-order valence-corrected chi connectivity index (χ3v) is 6.07. The van der Waals surface area contributed by atoms with Gasteiger partial charge in [-0.2, -0.15) is 0 Å². The van der Waals surface area contributed by atoms with Crippen molar-refractivity contribution < 1.29 is 17.7 Å². The summed E-state index contributed by atoms with van der Waals surface area (Å²) < 4.78 is 29.7. The highest BCUT2D eigenvalue weighted by Gasteiger charge is 2.35. The van der Waals surface area contributed by atoms with E-state index in [1.807, 2.05) is 0 Å². The molecule has 0 bridgehead atoms. The maximum absolute atomic E-state index is 12.5. The monoisotopic (exact) mass is 328 g/mol. The first kappa shape index (κ1) is 17.0. The molecule has 1 saturated heterocycles. The summed E-state index contributed by atoms with van der Waals surface area (Å²) in [6.07, 6.45) is 1.07. The zero-order valence-corrected chi connectivity index (χ0v) is 14.4. The summed E-state index contributed by atoms with van der Waals surface area (Å²) >= 11 is 0. The molecule has 0 saturated carbocycles. The average molecular weight is 328 g/mol. The maximum Gasteiger partial charge on any atom is 0.240 e. The molecule has 1 aromatic rings. The second kappa shape index (κ2) is 6.40. The number of likely N-dealkylation sites (tertiary alicyclic amines) is 1. The van der Waals surface area contributed by atoms with Crippen molar-refractivity contribution in [2.24, 2.45) is 11.8 Å². The summed E-state index contributed by atoms with van der Waals surface area (Å²) in [4.78, 5) is 14.2. The second-order valence-corrected chi connectivity index (χ2v) is 8.89. The Morgan fingerprint density at radius 3 is 2.50 bits per heavy atom. The molecule has 0 aliphatic carbocycles. The van der Waals surface area contributed by atoms with Crippen LogP contribution in [0.15, 0.2) is 10.6 Å². The van der Waals surface area contributed by atoms with Crippen molar-refractivity contribution in [2.45, 2.75) is 45.1 Å². The third-order valence-electron chi connectivity index (χ3n) is 4.09. The Bertz CT molecular complexity index is 628. The zero-order valence-electron chi connectivity index (χ0n) is 13.6. The van der Waals surface area contributed by atoms with Crippen LogP contribution in [0.1, 0.15) is 38.6 Å². The molecule has 3 atom stereocenters. The molecule has 124 valence electrons. The van der Waals surface area contributed by atoms with Crippen LogP contribution in [0, 0.1) is 18.8 Å². The van der Waals surface area contributed by atoms with E-state index in [-0.39, 0.29) is 11.7 Å². The second-order valence-electron chi connectivity index (χ2n) is 6.57. The van der Waals surface area contributed by atoms with Gasteiger partial charge in [0.1, 0.15) is 11.0 Å². The van der Waals surface area contributed by atoms with Gasteiger partial charge in [-0.05, 0) is 32.1 Å². The van der Waals surface area contributed by atoms with Crippen LogP contribution in [0.25, 0.3) is 0 Å². The maximum atomic E-state index is 12.5. The van der Waals surface area contributed by atoms with Crippen molar-refractivity contribution in [3.8, 4) is 0 Å². The lowest BCUT2D eigenvalue weighted by atomic mass is 9.92.